The molecule has 0 aliphatic rings. The lowest BCUT2D eigenvalue weighted by Crippen LogP contribution is -2.45. The number of carbonyl (C=O) groups excluding carboxylic acids is 1. The van der Waals surface area contributed by atoms with Gasteiger partial charge < -0.3 is 15.5 Å². The predicted molar refractivity (Wildman–Crippen MR) is 175 cm³/mol. The maximum atomic E-state index is 12.2. The first-order valence-electron chi connectivity index (χ1n) is 16.9. The van der Waals surface area contributed by atoms with E-state index in [1.54, 1.807) is 6.08 Å². The quantitative estimate of drug-likeness (QED) is 0.0631. The standard InChI is InChI=1S/C36H65NO3/c1-3-5-7-9-11-13-15-17-18-20-21-23-25-27-29-31-35(39)34(33-38)37-36(40)32-30-28-26-24-22-19-16-14-12-10-8-6-4-2/h19,21-23,26,28-29,31,34-35,38-39H,3-18,20,24-25,27,30,32-33H2,1-2H3,(H,37,40)/b22-19-,23-21+,28-26-,31-29+. The molecule has 3 N–H and O–H groups in total. The highest BCUT2D eigenvalue weighted by molar-refractivity contribution is 5.76. The summed E-state index contributed by atoms with van der Waals surface area (Å²) < 4.78 is 0. The van der Waals surface area contributed by atoms with Crippen molar-refractivity contribution in [3.8, 4) is 0 Å². The van der Waals surface area contributed by atoms with Gasteiger partial charge in [0, 0.05) is 6.42 Å². The molecule has 40 heavy (non-hydrogen) atoms. The molecule has 232 valence electrons. The van der Waals surface area contributed by atoms with Gasteiger partial charge in [0.2, 0.25) is 5.91 Å². The fourth-order valence-electron chi connectivity index (χ4n) is 4.65. The largest absolute Gasteiger partial charge is 0.394 e. The summed E-state index contributed by atoms with van der Waals surface area (Å²) in [7, 11) is 0. The van der Waals surface area contributed by atoms with E-state index in [9.17, 15) is 15.0 Å². The number of hydrogen-bond acceptors (Lipinski definition) is 3. The predicted octanol–water partition coefficient (Wildman–Crippen LogP) is 9.67. The lowest BCUT2D eigenvalue weighted by Gasteiger charge is -2.19. The minimum absolute atomic E-state index is 0.144. The van der Waals surface area contributed by atoms with E-state index in [-0.39, 0.29) is 12.5 Å². The van der Waals surface area contributed by atoms with E-state index in [2.05, 4.69) is 49.5 Å². The van der Waals surface area contributed by atoms with Gasteiger partial charge in [-0.2, -0.15) is 0 Å². The normalized spacial score (nSPS) is 13.8. The molecule has 0 fully saturated rings. The fraction of sp³-hybridized carbons (Fsp3) is 0.750. The first kappa shape index (κ1) is 38.4. The van der Waals surface area contributed by atoms with Gasteiger partial charge in [0.25, 0.3) is 0 Å². The summed E-state index contributed by atoms with van der Waals surface area (Å²) in [6.45, 7) is 4.23. The third kappa shape index (κ3) is 27.9. The van der Waals surface area contributed by atoms with Gasteiger partial charge in [0.1, 0.15) is 0 Å². The zero-order valence-electron chi connectivity index (χ0n) is 26.3. The van der Waals surface area contributed by atoms with E-state index in [1.165, 1.54) is 96.3 Å². The average Bonchev–Trinajstić information content (AvgIpc) is 2.96. The molecule has 0 radical (unpaired) electrons. The maximum absolute atomic E-state index is 12.2. The van der Waals surface area contributed by atoms with Crippen LogP contribution in [-0.4, -0.2) is 34.9 Å². The van der Waals surface area contributed by atoms with Crippen LogP contribution in [0, 0.1) is 0 Å². The molecule has 0 aromatic rings. The summed E-state index contributed by atoms with van der Waals surface area (Å²) >= 11 is 0. The summed E-state index contributed by atoms with van der Waals surface area (Å²) in [5.74, 6) is -0.144. The lowest BCUT2D eigenvalue weighted by molar-refractivity contribution is -0.122. The van der Waals surface area contributed by atoms with Crippen LogP contribution in [0.3, 0.4) is 0 Å². The molecule has 0 saturated heterocycles. The second-order valence-corrected chi connectivity index (χ2v) is 11.2. The molecule has 0 heterocycles. The Kier molecular flexibility index (Phi) is 30.6. The highest BCUT2D eigenvalue weighted by atomic mass is 16.3. The first-order valence-corrected chi connectivity index (χ1v) is 16.9. The van der Waals surface area contributed by atoms with Crippen LogP contribution in [0.5, 0.6) is 0 Å². The molecular formula is C36H65NO3. The number of aliphatic hydroxyl groups is 2. The molecule has 0 aromatic heterocycles. The third-order valence-corrected chi connectivity index (χ3v) is 7.30. The van der Waals surface area contributed by atoms with E-state index in [1.807, 2.05) is 12.2 Å². The second-order valence-electron chi connectivity index (χ2n) is 11.2. The molecule has 0 spiro atoms. The number of nitrogens with one attached hydrogen (secondary N) is 1. The molecule has 0 aliphatic carbocycles. The maximum Gasteiger partial charge on any atom is 0.220 e. The van der Waals surface area contributed by atoms with Crippen molar-refractivity contribution in [2.45, 2.75) is 167 Å². The minimum atomic E-state index is -0.882. The monoisotopic (exact) mass is 559 g/mol. The highest BCUT2D eigenvalue weighted by Gasteiger charge is 2.17. The molecule has 0 aliphatic heterocycles. The Morgan fingerprint density at radius 3 is 1.60 bits per heavy atom. The summed E-state index contributed by atoms with van der Waals surface area (Å²) in [6.07, 6.45) is 42.0. The Bertz CT molecular complexity index is 652. The number of unbranched alkanes of at least 4 members (excludes halogenated alkanes) is 16. The Morgan fingerprint density at radius 1 is 0.600 bits per heavy atom. The van der Waals surface area contributed by atoms with Crippen LogP contribution in [0.25, 0.3) is 0 Å². The van der Waals surface area contributed by atoms with Gasteiger partial charge in [-0.3, -0.25) is 4.79 Å². The van der Waals surface area contributed by atoms with Gasteiger partial charge in [-0.05, 0) is 51.4 Å². The van der Waals surface area contributed by atoms with Crippen LogP contribution in [0.2, 0.25) is 0 Å². The van der Waals surface area contributed by atoms with Crippen LogP contribution < -0.4 is 5.32 Å². The molecule has 4 heteroatoms. The van der Waals surface area contributed by atoms with Crippen molar-refractivity contribution in [3.05, 3.63) is 48.6 Å². The number of allylic oxidation sites excluding steroid dienone is 7. The van der Waals surface area contributed by atoms with Crippen molar-refractivity contribution in [1.82, 2.24) is 5.32 Å². The van der Waals surface area contributed by atoms with Crippen molar-refractivity contribution in [2.75, 3.05) is 6.61 Å². The smallest absolute Gasteiger partial charge is 0.220 e. The molecule has 0 rings (SSSR count). The number of rotatable bonds is 29. The first-order chi connectivity index (χ1) is 19.7. The topological polar surface area (TPSA) is 69.6 Å². The molecule has 0 aromatic carbocycles. The molecular weight excluding hydrogens is 494 g/mol. The molecule has 4 nitrogen and oxygen atoms in total. The van der Waals surface area contributed by atoms with Crippen LogP contribution in [0.1, 0.15) is 155 Å². The van der Waals surface area contributed by atoms with Crippen LogP contribution in [-0.2, 0) is 4.79 Å². The summed E-state index contributed by atoms with van der Waals surface area (Å²) in [4.78, 5) is 12.2. The Hall–Kier alpha value is -1.65. The lowest BCUT2D eigenvalue weighted by atomic mass is 10.1. The molecule has 2 atom stereocenters. The van der Waals surface area contributed by atoms with Gasteiger partial charge >= 0.3 is 0 Å². The number of hydrogen-bond donors (Lipinski definition) is 3. The van der Waals surface area contributed by atoms with Gasteiger partial charge in [0.15, 0.2) is 0 Å². The average molecular weight is 560 g/mol. The summed E-state index contributed by atoms with van der Waals surface area (Å²) in [5.41, 5.74) is 0. The van der Waals surface area contributed by atoms with Crippen LogP contribution in [0.4, 0.5) is 0 Å². The molecule has 2 unspecified atom stereocenters. The second kappa shape index (κ2) is 31.9. The molecule has 1 amide bonds. The fourth-order valence-corrected chi connectivity index (χ4v) is 4.65. The third-order valence-electron chi connectivity index (χ3n) is 7.30. The molecule has 0 bridgehead atoms. The van der Waals surface area contributed by atoms with Crippen LogP contribution in [0.15, 0.2) is 48.6 Å². The van der Waals surface area contributed by atoms with Crippen molar-refractivity contribution < 1.29 is 15.0 Å². The van der Waals surface area contributed by atoms with E-state index in [0.29, 0.717) is 12.8 Å². The van der Waals surface area contributed by atoms with Gasteiger partial charge in [-0.25, -0.2) is 0 Å². The molecule has 0 saturated carbocycles. The summed E-state index contributed by atoms with van der Waals surface area (Å²) in [5, 5.41) is 22.7. The number of carbonyl (C=O) groups is 1. The van der Waals surface area contributed by atoms with Gasteiger partial charge in [-0.1, -0.05) is 146 Å². The Morgan fingerprint density at radius 2 is 1.05 bits per heavy atom. The highest BCUT2D eigenvalue weighted by Crippen LogP contribution is 2.11. The summed E-state index contributed by atoms with van der Waals surface area (Å²) in [6, 6.07) is -0.667. The Labute approximate surface area is 248 Å². The van der Waals surface area contributed by atoms with Crippen molar-refractivity contribution in [1.29, 1.82) is 0 Å². The van der Waals surface area contributed by atoms with E-state index >= 15 is 0 Å². The van der Waals surface area contributed by atoms with E-state index < -0.39 is 12.1 Å². The zero-order chi connectivity index (χ0) is 29.4. The van der Waals surface area contributed by atoms with Crippen molar-refractivity contribution >= 4 is 5.91 Å². The number of amides is 1. The van der Waals surface area contributed by atoms with E-state index in [0.717, 1.165) is 32.1 Å². The van der Waals surface area contributed by atoms with E-state index in [4.69, 9.17) is 0 Å². The zero-order valence-corrected chi connectivity index (χ0v) is 26.3. The Balaban J connectivity index is 3.81. The SMILES string of the molecule is CCCCCCCC/C=C\C/C=C\CCC(=O)NC(CO)C(O)/C=C/CC/C=C/CCCCCCCCCCC. The van der Waals surface area contributed by atoms with Gasteiger partial charge in [0.05, 0.1) is 18.8 Å². The minimum Gasteiger partial charge on any atom is -0.394 e. The number of aliphatic hydroxyl groups excluding tert-OH is 2. The van der Waals surface area contributed by atoms with Crippen molar-refractivity contribution in [2.24, 2.45) is 0 Å². The van der Waals surface area contributed by atoms with Crippen molar-refractivity contribution in [3.63, 3.8) is 0 Å². The van der Waals surface area contributed by atoms with Crippen LogP contribution >= 0.6 is 0 Å². The van der Waals surface area contributed by atoms with Gasteiger partial charge in [-0.15, -0.1) is 0 Å².